The molecule has 0 radical (unpaired) electrons. The van der Waals surface area contributed by atoms with E-state index in [2.05, 4.69) is 0 Å². The second-order valence-corrected chi connectivity index (χ2v) is 7.17. The molecule has 6 nitrogen and oxygen atoms in total. The number of epoxide rings is 2. The monoisotopic (exact) mass is 368 g/mol. The number of aromatic carboxylic acids is 2. The summed E-state index contributed by atoms with van der Waals surface area (Å²) in [5, 5.41) is 18.4. The zero-order valence-corrected chi connectivity index (χ0v) is 14.6. The van der Waals surface area contributed by atoms with Crippen molar-refractivity contribution in [1.29, 1.82) is 0 Å². The van der Waals surface area contributed by atoms with Crippen LogP contribution in [0, 0.1) is 0 Å². The van der Waals surface area contributed by atoms with Crippen molar-refractivity contribution < 1.29 is 29.3 Å². The van der Waals surface area contributed by atoms with Gasteiger partial charge in [-0.1, -0.05) is 24.3 Å². The highest BCUT2D eigenvalue weighted by molar-refractivity contribution is 5.88. The van der Waals surface area contributed by atoms with Gasteiger partial charge in [-0.25, -0.2) is 9.59 Å². The molecule has 0 aromatic heterocycles. The predicted octanol–water partition coefficient (Wildman–Crippen LogP) is 2.95. The van der Waals surface area contributed by atoms with Crippen LogP contribution in [0.1, 0.15) is 44.7 Å². The van der Waals surface area contributed by atoms with Gasteiger partial charge in [-0.05, 0) is 48.2 Å². The molecule has 2 heterocycles. The first-order chi connectivity index (χ1) is 13.0. The molecule has 0 spiro atoms. The van der Waals surface area contributed by atoms with Gasteiger partial charge < -0.3 is 19.7 Å². The van der Waals surface area contributed by atoms with E-state index in [9.17, 15) is 19.8 Å². The van der Waals surface area contributed by atoms with Gasteiger partial charge in [0.2, 0.25) is 0 Å². The molecule has 140 valence electrons. The largest absolute Gasteiger partial charge is 0.478 e. The molecule has 0 amide bonds. The summed E-state index contributed by atoms with van der Waals surface area (Å²) in [6.07, 6.45) is 1.77. The van der Waals surface area contributed by atoms with Crippen LogP contribution in [-0.4, -0.2) is 47.6 Å². The molecule has 2 aromatic rings. The third-order valence-electron chi connectivity index (χ3n) is 5.33. The molecule has 6 heteroatoms. The number of ether oxygens (including phenoxy) is 2. The van der Waals surface area contributed by atoms with Crippen LogP contribution in [0.15, 0.2) is 48.5 Å². The molecule has 2 N–H and O–H groups in total. The average Bonchev–Trinajstić information content (AvgIpc) is 3.58. The summed E-state index contributed by atoms with van der Waals surface area (Å²) in [4.78, 5) is 22.4. The molecule has 4 rings (SSSR count). The molecule has 2 saturated heterocycles. The summed E-state index contributed by atoms with van der Waals surface area (Å²) in [5.74, 6) is -1.93. The molecule has 2 unspecified atom stereocenters. The fourth-order valence-electron chi connectivity index (χ4n) is 3.73. The third-order valence-corrected chi connectivity index (χ3v) is 5.33. The Morgan fingerprint density at radius 2 is 1.11 bits per heavy atom. The lowest BCUT2D eigenvalue weighted by Crippen LogP contribution is -2.32. The lowest BCUT2D eigenvalue weighted by atomic mass is 9.68. The number of carboxylic acids is 2. The summed E-state index contributed by atoms with van der Waals surface area (Å²) in [5.41, 5.74) is 2.03. The second-order valence-electron chi connectivity index (χ2n) is 7.17. The number of rotatable bonds is 8. The Labute approximate surface area is 156 Å². The maximum Gasteiger partial charge on any atom is 0.335 e. The molecular weight excluding hydrogens is 348 g/mol. The Balaban J connectivity index is 1.79. The van der Waals surface area contributed by atoms with Crippen molar-refractivity contribution in [3.63, 3.8) is 0 Å². The number of carbonyl (C=O) groups is 2. The van der Waals surface area contributed by atoms with Gasteiger partial charge in [-0.3, -0.25) is 0 Å². The average molecular weight is 368 g/mol. The van der Waals surface area contributed by atoms with E-state index in [4.69, 9.17) is 9.47 Å². The number of carboxylic acid groups (broad SMARTS) is 2. The molecule has 2 atom stereocenters. The first-order valence-corrected chi connectivity index (χ1v) is 8.89. The quantitative estimate of drug-likeness (QED) is 0.695. The standard InChI is InChI=1S/C21H20O6/c22-19(23)13-1-5-15(6-2-13)21(9-17-11-26-17,10-18-12-27-18)16-7-3-14(4-8-16)20(24)25/h1-8,17-18H,9-12H2,(H,22,23)(H,24,25). The summed E-state index contributed by atoms with van der Waals surface area (Å²) < 4.78 is 11.0. The van der Waals surface area contributed by atoms with Crippen LogP contribution >= 0.6 is 0 Å². The van der Waals surface area contributed by atoms with Gasteiger partial charge in [0.25, 0.3) is 0 Å². The molecule has 0 aliphatic carbocycles. The Bertz CT molecular complexity index is 774. The molecule has 2 fully saturated rings. The van der Waals surface area contributed by atoms with Crippen LogP contribution in [0.2, 0.25) is 0 Å². The minimum atomic E-state index is -0.964. The smallest absolute Gasteiger partial charge is 0.335 e. The molecular formula is C21H20O6. The minimum absolute atomic E-state index is 0.141. The Hall–Kier alpha value is -2.70. The van der Waals surface area contributed by atoms with Gasteiger partial charge >= 0.3 is 11.9 Å². The minimum Gasteiger partial charge on any atom is -0.478 e. The predicted molar refractivity (Wildman–Crippen MR) is 96.3 cm³/mol. The Morgan fingerprint density at radius 1 is 0.778 bits per heavy atom. The molecule has 27 heavy (non-hydrogen) atoms. The zero-order valence-electron chi connectivity index (χ0n) is 14.6. The van der Waals surface area contributed by atoms with Gasteiger partial charge in [-0.2, -0.15) is 0 Å². The molecule has 0 bridgehead atoms. The highest BCUT2D eigenvalue weighted by Gasteiger charge is 2.45. The van der Waals surface area contributed by atoms with E-state index in [1.54, 1.807) is 24.3 Å². The lowest BCUT2D eigenvalue weighted by molar-refractivity contribution is 0.0686. The highest BCUT2D eigenvalue weighted by Crippen LogP contribution is 2.45. The van der Waals surface area contributed by atoms with E-state index < -0.39 is 17.4 Å². The van der Waals surface area contributed by atoms with Gasteiger partial charge in [0.1, 0.15) is 0 Å². The van der Waals surface area contributed by atoms with Crippen LogP contribution in [0.3, 0.4) is 0 Å². The van der Waals surface area contributed by atoms with Crippen LogP contribution in [0.4, 0.5) is 0 Å². The van der Waals surface area contributed by atoms with Crippen molar-refractivity contribution in [2.75, 3.05) is 13.2 Å². The summed E-state index contributed by atoms with van der Waals surface area (Å²) >= 11 is 0. The molecule has 0 saturated carbocycles. The van der Waals surface area contributed by atoms with Crippen molar-refractivity contribution in [1.82, 2.24) is 0 Å². The normalized spacial score (nSPS) is 20.9. The van der Waals surface area contributed by atoms with Gasteiger partial charge in [-0.15, -0.1) is 0 Å². The second kappa shape index (κ2) is 6.79. The maximum atomic E-state index is 11.2. The first-order valence-electron chi connectivity index (χ1n) is 8.89. The van der Waals surface area contributed by atoms with E-state index in [1.807, 2.05) is 24.3 Å². The fraction of sp³-hybridized carbons (Fsp3) is 0.333. The summed E-state index contributed by atoms with van der Waals surface area (Å²) in [6, 6.07) is 13.8. The van der Waals surface area contributed by atoms with Crippen molar-refractivity contribution in [2.24, 2.45) is 0 Å². The maximum absolute atomic E-state index is 11.2. The zero-order chi connectivity index (χ0) is 19.0. The fourth-order valence-corrected chi connectivity index (χ4v) is 3.73. The number of hydrogen-bond donors (Lipinski definition) is 2. The first kappa shape index (κ1) is 17.7. The summed E-state index contributed by atoms with van der Waals surface area (Å²) in [6.45, 7) is 1.40. The van der Waals surface area contributed by atoms with Crippen LogP contribution < -0.4 is 0 Å². The highest BCUT2D eigenvalue weighted by atomic mass is 16.6. The lowest BCUT2D eigenvalue weighted by Gasteiger charge is -2.35. The SMILES string of the molecule is O=C(O)c1ccc(C(CC2CO2)(CC2CO2)c2ccc(C(=O)O)cc2)cc1. The van der Waals surface area contributed by atoms with Crippen LogP contribution in [0.5, 0.6) is 0 Å². The summed E-state index contributed by atoms with van der Waals surface area (Å²) in [7, 11) is 0. The van der Waals surface area contributed by atoms with Crippen molar-refractivity contribution in [3.05, 3.63) is 70.8 Å². The van der Waals surface area contributed by atoms with Crippen molar-refractivity contribution in [2.45, 2.75) is 30.5 Å². The van der Waals surface area contributed by atoms with Crippen molar-refractivity contribution in [3.8, 4) is 0 Å². The number of hydrogen-bond acceptors (Lipinski definition) is 4. The number of benzene rings is 2. The topological polar surface area (TPSA) is 99.7 Å². The van der Waals surface area contributed by atoms with Gasteiger partial charge in [0.05, 0.1) is 36.5 Å². The van der Waals surface area contributed by atoms with E-state index in [1.165, 1.54) is 0 Å². The van der Waals surface area contributed by atoms with Gasteiger partial charge in [0, 0.05) is 5.41 Å². The molecule has 2 aromatic carbocycles. The van der Waals surface area contributed by atoms with Crippen molar-refractivity contribution >= 4 is 11.9 Å². The van der Waals surface area contributed by atoms with E-state index in [0.29, 0.717) is 13.2 Å². The van der Waals surface area contributed by atoms with Crippen LogP contribution in [-0.2, 0) is 14.9 Å². The van der Waals surface area contributed by atoms with E-state index >= 15 is 0 Å². The third kappa shape index (κ3) is 3.72. The molecule has 2 aliphatic rings. The Kier molecular flexibility index (Phi) is 4.45. The van der Waals surface area contributed by atoms with E-state index in [-0.39, 0.29) is 23.3 Å². The molecule has 2 aliphatic heterocycles. The Morgan fingerprint density at radius 3 is 1.37 bits per heavy atom. The van der Waals surface area contributed by atoms with E-state index in [0.717, 1.165) is 24.0 Å². The van der Waals surface area contributed by atoms with Gasteiger partial charge in [0.15, 0.2) is 0 Å². The van der Waals surface area contributed by atoms with Crippen LogP contribution in [0.25, 0.3) is 0 Å².